The van der Waals surface area contributed by atoms with Gasteiger partial charge >= 0.3 is 11.9 Å². The average molecular weight is 360 g/mol. The van der Waals surface area contributed by atoms with Gasteiger partial charge in [-0.1, -0.05) is 6.92 Å². The van der Waals surface area contributed by atoms with E-state index in [1.165, 1.54) is 0 Å². The molecule has 148 valence electrons. The largest absolute Gasteiger partial charge is 0.460 e. The van der Waals surface area contributed by atoms with Crippen molar-refractivity contribution in [3.05, 3.63) is 0 Å². The molecule has 0 amide bonds. The summed E-state index contributed by atoms with van der Waals surface area (Å²) in [5.41, 5.74) is -1.69. The fourth-order valence-electron chi connectivity index (χ4n) is 1.80. The topological polar surface area (TPSA) is 71.1 Å². The van der Waals surface area contributed by atoms with Crippen molar-refractivity contribution in [1.29, 1.82) is 0 Å². The maximum absolute atomic E-state index is 12.3. The molecule has 0 spiro atoms. The van der Waals surface area contributed by atoms with Gasteiger partial charge in [0.25, 0.3) is 0 Å². The SMILES string of the molecule is CCC(C)(COCOCCCC(=O)OC(C)(C)C)C(=O)OC(C)(C)C. The van der Waals surface area contributed by atoms with Gasteiger partial charge in [0.05, 0.1) is 12.0 Å². The number of esters is 2. The normalized spacial score (nSPS) is 14.7. The Morgan fingerprint density at radius 3 is 1.88 bits per heavy atom. The highest BCUT2D eigenvalue weighted by Gasteiger charge is 2.36. The van der Waals surface area contributed by atoms with E-state index < -0.39 is 16.6 Å². The smallest absolute Gasteiger partial charge is 0.314 e. The van der Waals surface area contributed by atoms with Gasteiger partial charge in [0.1, 0.15) is 18.0 Å². The first-order valence-electron chi connectivity index (χ1n) is 8.90. The lowest BCUT2D eigenvalue weighted by Crippen LogP contribution is -2.38. The second kappa shape index (κ2) is 10.1. The second-order valence-electron chi connectivity index (χ2n) is 8.48. The number of hydrogen-bond donors (Lipinski definition) is 0. The van der Waals surface area contributed by atoms with E-state index in [0.717, 1.165) is 0 Å². The first-order chi connectivity index (χ1) is 11.3. The molecule has 0 heterocycles. The van der Waals surface area contributed by atoms with Gasteiger partial charge in [0, 0.05) is 13.0 Å². The van der Waals surface area contributed by atoms with Gasteiger partial charge in [-0.25, -0.2) is 0 Å². The van der Waals surface area contributed by atoms with Crippen LogP contribution in [0.5, 0.6) is 0 Å². The third-order valence-electron chi connectivity index (χ3n) is 3.35. The van der Waals surface area contributed by atoms with Crippen LogP contribution in [0.15, 0.2) is 0 Å². The summed E-state index contributed by atoms with van der Waals surface area (Å²) < 4.78 is 21.5. The Labute approximate surface area is 152 Å². The van der Waals surface area contributed by atoms with Gasteiger partial charge in [-0.05, 0) is 61.3 Å². The van der Waals surface area contributed by atoms with Crippen LogP contribution in [0.2, 0.25) is 0 Å². The molecule has 0 fully saturated rings. The Morgan fingerprint density at radius 1 is 0.840 bits per heavy atom. The van der Waals surface area contributed by atoms with E-state index in [9.17, 15) is 9.59 Å². The number of carbonyl (C=O) groups is 2. The van der Waals surface area contributed by atoms with Gasteiger partial charge in [-0.3, -0.25) is 9.59 Å². The molecule has 0 saturated heterocycles. The molecule has 0 rings (SSSR count). The minimum Gasteiger partial charge on any atom is -0.460 e. The molecule has 6 heteroatoms. The molecule has 6 nitrogen and oxygen atoms in total. The van der Waals surface area contributed by atoms with Gasteiger partial charge < -0.3 is 18.9 Å². The van der Waals surface area contributed by atoms with Crippen molar-refractivity contribution in [2.75, 3.05) is 20.0 Å². The monoisotopic (exact) mass is 360 g/mol. The van der Waals surface area contributed by atoms with Crippen LogP contribution in [0, 0.1) is 5.41 Å². The summed E-state index contributed by atoms with van der Waals surface area (Å²) >= 11 is 0. The Hall–Kier alpha value is -1.14. The molecule has 0 aromatic rings. The summed E-state index contributed by atoms with van der Waals surface area (Å²) in [7, 11) is 0. The summed E-state index contributed by atoms with van der Waals surface area (Å²) in [5, 5.41) is 0. The third kappa shape index (κ3) is 11.9. The van der Waals surface area contributed by atoms with Gasteiger partial charge in [0.15, 0.2) is 0 Å². The van der Waals surface area contributed by atoms with Crippen LogP contribution in [0.3, 0.4) is 0 Å². The van der Waals surface area contributed by atoms with Crippen LogP contribution in [0.25, 0.3) is 0 Å². The fraction of sp³-hybridized carbons (Fsp3) is 0.895. The van der Waals surface area contributed by atoms with Crippen molar-refractivity contribution in [2.24, 2.45) is 5.41 Å². The molecular weight excluding hydrogens is 324 g/mol. The highest BCUT2D eigenvalue weighted by molar-refractivity contribution is 5.76. The summed E-state index contributed by atoms with van der Waals surface area (Å²) in [6, 6.07) is 0. The first kappa shape index (κ1) is 23.9. The maximum atomic E-state index is 12.3. The predicted molar refractivity (Wildman–Crippen MR) is 96.1 cm³/mol. The zero-order valence-corrected chi connectivity index (χ0v) is 17.2. The number of ether oxygens (including phenoxy) is 4. The van der Waals surface area contributed by atoms with Gasteiger partial charge in [0.2, 0.25) is 0 Å². The van der Waals surface area contributed by atoms with E-state index in [-0.39, 0.29) is 25.3 Å². The molecule has 0 radical (unpaired) electrons. The Kier molecular flexibility index (Phi) is 9.66. The molecule has 0 N–H and O–H groups in total. The number of carbonyl (C=O) groups excluding carboxylic acids is 2. The summed E-state index contributed by atoms with van der Waals surface area (Å²) in [5.74, 6) is -0.507. The zero-order valence-electron chi connectivity index (χ0n) is 17.2. The molecule has 0 aliphatic heterocycles. The molecule has 0 aromatic carbocycles. The van der Waals surface area contributed by atoms with E-state index in [0.29, 0.717) is 25.9 Å². The van der Waals surface area contributed by atoms with Crippen molar-refractivity contribution in [1.82, 2.24) is 0 Å². The molecule has 0 saturated carbocycles. The maximum Gasteiger partial charge on any atom is 0.314 e. The second-order valence-corrected chi connectivity index (χ2v) is 8.48. The lowest BCUT2D eigenvalue weighted by atomic mass is 9.88. The fourth-order valence-corrected chi connectivity index (χ4v) is 1.80. The zero-order chi connectivity index (χ0) is 19.7. The molecule has 25 heavy (non-hydrogen) atoms. The summed E-state index contributed by atoms with van der Waals surface area (Å²) in [6.45, 7) is 15.5. The quantitative estimate of drug-likeness (QED) is 0.335. The van der Waals surface area contributed by atoms with Gasteiger partial charge in [-0.2, -0.15) is 0 Å². The van der Waals surface area contributed by atoms with Crippen LogP contribution in [0.4, 0.5) is 0 Å². The van der Waals surface area contributed by atoms with Gasteiger partial charge in [-0.15, -0.1) is 0 Å². The molecular formula is C19H36O6. The lowest BCUT2D eigenvalue weighted by molar-refractivity contribution is -0.174. The molecule has 0 aliphatic carbocycles. The standard InChI is InChI=1S/C19H36O6/c1-9-19(8,16(21)25-18(5,6)7)13-23-14-22-12-10-11-15(20)24-17(2,3)4/h9-14H2,1-8H3. The Morgan fingerprint density at radius 2 is 1.40 bits per heavy atom. The van der Waals surface area contributed by atoms with Crippen LogP contribution in [-0.2, 0) is 28.5 Å². The summed E-state index contributed by atoms with van der Waals surface area (Å²) in [4.78, 5) is 23.8. The highest BCUT2D eigenvalue weighted by atomic mass is 16.7. The van der Waals surface area contributed by atoms with Crippen molar-refractivity contribution in [2.45, 2.75) is 85.9 Å². The van der Waals surface area contributed by atoms with Crippen molar-refractivity contribution in [3.63, 3.8) is 0 Å². The molecule has 1 atom stereocenters. The van der Waals surface area contributed by atoms with E-state index in [4.69, 9.17) is 18.9 Å². The van der Waals surface area contributed by atoms with E-state index >= 15 is 0 Å². The average Bonchev–Trinajstić information content (AvgIpc) is 2.42. The van der Waals surface area contributed by atoms with Crippen LogP contribution in [-0.4, -0.2) is 43.1 Å². The number of rotatable bonds is 10. The molecule has 1 unspecified atom stereocenters. The Balaban J connectivity index is 3.98. The molecule has 0 aromatic heterocycles. The predicted octanol–water partition coefficient (Wildman–Crippen LogP) is 3.86. The minimum absolute atomic E-state index is 0.0761. The van der Waals surface area contributed by atoms with Crippen LogP contribution < -0.4 is 0 Å². The number of hydrogen-bond acceptors (Lipinski definition) is 6. The third-order valence-corrected chi connectivity index (χ3v) is 3.35. The molecule has 0 bridgehead atoms. The summed E-state index contributed by atoms with van der Waals surface area (Å²) in [6.07, 6.45) is 1.48. The van der Waals surface area contributed by atoms with Crippen molar-refractivity contribution in [3.8, 4) is 0 Å². The molecule has 0 aliphatic rings. The van der Waals surface area contributed by atoms with E-state index in [1.807, 2.05) is 55.4 Å². The van der Waals surface area contributed by atoms with E-state index in [2.05, 4.69) is 0 Å². The first-order valence-corrected chi connectivity index (χ1v) is 8.90. The Bertz CT molecular complexity index is 419. The minimum atomic E-state index is -0.701. The van der Waals surface area contributed by atoms with Crippen LogP contribution in [0.1, 0.15) is 74.7 Å². The highest BCUT2D eigenvalue weighted by Crippen LogP contribution is 2.26. The lowest BCUT2D eigenvalue weighted by Gasteiger charge is -2.30. The van der Waals surface area contributed by atoms with Crippen molar-refractivity contribution < 1.29 is 28.5 Å². The van der Waals surface area contributed by atoms with E-state index in [1.54, 1.807) is 0 Å². The van der Waals surface area contributed by atoms with Crippen LogP contribution >= 0.6 is 0 Å². The van der Waals surface area contributed by atoms with Crippen molar-refractivity contribution >= 4 is 11.9 Å².